The summed E-state index contributed by atoms with van der Waals surface area (Å²) in [5.41, 5.74) is 5.59. The van der Waals surface area contributed by atoms with Crippen LogP contribution in [0.15, 0.2) is 91.1 Å². The third-order valence-electron chi connectivity index (χ3n) is 4.74. The van der Waals surface area contributed by atoms with Gasteiger partial charge in [0.2, 0.25) is 0 Å². The number of hydrogen-bond donors (Lipinski definition) is 1. The number of nitrogens with zero attached hydrogens (tertiary/aromatic N) is 2. The Balaban J connectivity index is 1.52. The molecule has 4 aromatic rings. The van der Waals surface area contributed by atoms with Gasteiger partial charge in [0.15, 0.2) is 0 Å². The first-order chi connectivity index (χ1) is 14.3. The predicted octanol–water partition coefficient (Wildman–Crippen LogP) is 5.23. The molecule has 0 fully saturated rings. The lowest BCUT2D eigenvalue weighted by Crippen LogP contribution is -2.12. The first-order valence-electron chi connectivity index (χ1n) is 9.95. The highest BCUT2D eigenvalue weighted by Crippen LogP contribution is 2.23. The monoisotopic (exact) mass is 383 g/mol. The summed E-state index contributed by atoms with van der Waals surface area (Å²) >= 11 is 0. The van der Waals surface area contributed by atoms with Gasteiger partial charge < -0.3 is 10.1 Å². The molecule has 0 spiro atoms. The fraction of sp³-hybridized carbons (Fsp3) is 0.160. The van der Waals surface area contributed by atoms with Crippen molar-refractivity contribution < 1.29 is 4.74 Å². The molecule has 0 radical (unpaired) electrons. The van der Waals surface area contributed by atoms with E-state index < -0.39 is 0 Å². The van der Waals surface area contributed by atoms with E-state index in [0.717, 1.165) is 35.8 Å². The van der Waals surface area contributed by atoms with Crippen molar-refractivity contribution in [3.63, 3.8) is 0 Å². The van der Waals surface area contributed by atoms with Gasteiger partial charge in [-0.25, -0.2) is 4.68 Å². The van der Waals surface area contributed by atoms with Crippen LogP contribution >= 0.6 is 0 Å². The van der Waals surface area contributed by atoms with Crippen molar-refractivity contribution in [3.05, 3.63) is 102 Å². The van der Waals surface area contributed by atoms with Gasteiger partial charge in [-0.1, -0.05) is 60.7 Å². The van der Waals surface area contributed by atoms with Gasteiger partial charge >= 0.3 is 0 Å². The molecule has 1 heterocycles. The van der Waals surface area contributed by atoms with Gasteiger partial charge in [-0.05, 0) is 36.8 Å². The Morgan fingerprint density at radius 2 is 1.52 bits per heavy atom. The maximum Gasteiger partial charge on any atom is 0.119 e. The molecular formula is C25H25N3O. The summed E-state index contributed by atoms with van der Waals surface area (Å²) in [5.74, 6) is 0.909. The normalized spacial score (nSPS) is 10.8. The van der Waals surface area contributed by atoms with Crippen LogP contribution in [0.4, 0.5) is 0 Å². The third kappa shape index (κ3) is 4.73. The van der Waals surface area contributed by atoms with E-state index in [4.69, 9.17) is 9.84 Å². The van der Waals surface area contributed by atoms with Crippen molar-refractivity contribution in [2.24, 2.45) is 0 Å². The van der Waals surface area contributed by atoms with Crippen LogP contribution < -0.4 is 10.1 Å². The number of para-hydroxylation sites is 1. The van der Waals surface area contributed by atoms with Crippen LogP contribution in [0, 0.1) is 0 Å². The second kappa shape index (κ2) is 9.22. The summed E-state index contributed by atoms with van der Waals surface area (Å²) < 4.78 is 7.47. The predicted molar refractivity (Wildman–Crippen MR) is 117 cm³/mol. The lowest BCUT2D eigenvalue weighted by atomic mass is 10.1. The molecule has 1 N–H and O–H groups in total. The molecule has 146 valence electrons. The highest BCUT2D eigenvalue weighted by atomic mass is 16.5. The molecule has 4 rings (SSSR count). The largest absolute Gasteiger partial charge is 0.494 e. The SMILES string of the molecule is CCOc1ccc(CNCc2cn(-c3ccccc3)nc2-c2ccccc2)cc1. The van der Waals surface area contributed by atoms with Gasteiger partial charge in [0, 0.05) is 30.4 Å². The van der Waals surface area contributed by atoms with E-state index in [1.807, 2.05) is 60.1 Å². The molecule has 29 heavy (non-hydrogen) atoms. The highest BCUT2D eigenvalue weighted by molar-refractivity contribution is 5.63. The molecular weight excluding hydrogens is 358 g/mol. The standard InChI is InChI=1S/C25H25N3O/c1-2-29-24-15-13-20(14-16-24)17-26-18-22-19-28(23-11-7-4-8-12-23)27-25(22)21-9-5-3-6-10-21/h3-16,19,26H,2,17-18H2,1H3. The van der Waals surface area contributed by atoms with E-state index in [9.17, 15) is 0 Å². The second-order valence-electron chi connectivity index (χ2n) is 6.83. The molecule has 4 heteroatoms. The summed E-state index contributed by atoms with van der Waals surface area (Å²) in [6.07, 6.45) is 2.11. The maximum atomic E-state index is 5.51. The maximum absolute atomic E-state index is 5.51. The van der Waals surface area contributed by atoms with E-state index in [0.29, 0.717) is 6.61 Å². The Hall–Kier alpha value is -3.37. The minimum absolute atomic E-state index is 0.686. The van der Waals surface area contributed by atoms with E-state index in [2.05, 4.69) is 47.9 Å². The van der Waals surface area contributed by atoms with E-state index in [-0.39, 0.29) is 0 Å². The number of aromatic nitrogens is 2. The van der Waals surface area contributed by atoms with Gasteiger partial charge in [0.25, 0.3) is 0 Å². The van der Waals surface area contributed by atoms with Crippen molar-refractivity contribution in [3.8, 4) is 22.7 Å². The van der Waals surface area contributed by atoms with Crippen LogP contribution in [0.2, 0.25) is 0 Å². The number of hydrogen-bond acceptors (Lipinski definition) is 3. The van der Waals surface area contributed by atoms with Gasteiger partial charge in [-0.3, -0.25) is 0 Å². The van der Waals surface area contributed by atoms with Crippen LogP contribution in [-0.2, 0) is 13.1 Å². The lowest BCUT2D eigenvalue weighted by Gasteiger charge is -2.07. The molecule has 0 aliphatic heterocycles. The van der Waals surface area contributed by atoms with Gasteiger partial charge in [-0.15, -0.1) is 0 Å². The van der Waals surface area contributed by atoms with Crippen molar-refractivity contribution in [1.29, 1.82) is 0 Å². The van der Waals surface area contributed by atoms with Crippen molar-refractivity contribution in [2.75, 3.05) is 6.61 Å². The van der Waals surface area contributed by atoms with E-state index in [1.54, 1.807) is 0 Å². The topological polar surface area (TPSA) is 39.1 Å². The second-order valence-corrected chi connectivity index (χ2v) is 6.83. The van der Waals surface area contributed by atoms with Crippen molar-refractivity contribution in [1.82, 2.24) is 15.1 Å². The zero-order valence-electron chi connectivity index (χ0n) is 16.6. The first kappa shape index (κ1) is 19.0. The quantitative estimate of drug-likeness (QED) is 0.453. The molecule has 0 amide bonds. The molecule has 0 aliphatic carbocycles. The molecule has 1 aromatic heterocycles. The molecule has 0 bridgehead atoms. The van der Waals surface area contributed by atoms with Crippen LogP contribution in [0.1, 0.15) is 18.1 Å². The minimum atomic E-state index is 0.686. The average Bonchev–Trinajstić information content (AvgIpc) is 3.21. The Morgan fingerprint density at radius 3 is 2.21 bits per heavy atom. The van der Waals surface area contributed by atoms with Crippen LogP contribution in [0.3, 0.4) is 0 Å². The Morgan fingerprint density at radius 1 is 0.828 bits per heavy atom. The number of ether oxygens (including phenoxy) is 1. The Kier molecular flexibility index (Phi) is 6.03. The highest BCUT2D eigenvalue weighted by Gasteiger charge is 2.12. The molecule has 0 atom stereocenters. The van der Waals surface area contributed by atoms with Crippen LogP contribution in [-0.4, -0.2) is 16.4 Å². The van der Waals surface area contributed by atoms with Crippen molar-refractivity contribution in [2.45, 2.75) is 20.0 Å². The van der Waals surface area contributed by atoms with Crippen molar-refractivity contribution >= 4 is 0 Å². The first-order valence-corrected chi connectivity index (χ1v) is 9.95. The third-order valence-corrected chi connectivity index (χ3v) is 4.74. The van der Waals surface area contributed by atoms with Gasteiger partial charge in [-0.2, -0.15) is 5.10 Å². The zero-order valence-corrected chi connectivity index (χ0v) is 16.6. The summed E-state index contributed by atoms with van der Waals surface area (Å²) in [6, 6.07) is 28.8. The lowest BCUT2D eigenvalue weighted by molar-refractivity contribution is 0.340. The summed E-state index contributed by atoms with van der Waals surface area (Å²) in [5, 5.41) is 8.42. The minimum Gasteiger partial charge on any atom is -0.494 e. The van der Waals surface area contributed by atoms with E-state index >= 15 is 0 Å². The van der Waals surface area contributed by atoms with Crippen LogP contribution in [0.5, 0.6) is 5.75 Å². The zero-order chi connectivity index (χ0) is 19.9. The summed E-state index contributed by atoms with van der Waals surface area (Å²) in [4.78, 5) is 0. The van der Waals surface area contributed by atoms with Gasteiger partial charge in [0.05, 0.1) is 18.0 Å². The number of rotatable bonds is 8. The fourth-order valence-electron chi connectivity index (χ4n) is 3.30. The van der Waals surface area contributed by atoms with Crippen LogP contribution in [0.25, 0.3) is 16.9 Å². The molecule has 0 unspecified atom stereocenters. The summed E-state index contributed by atoms with van der Waals surface area (Å²) in [7, 11) is 0. The summed E-state index contributed by atoms with van der Waals surface area (Å²) in [6.45, 7) is 4.21. The molecule has 0 saturated carbocycles. The Bertz CT molecular complexity index is 1020. The molecule has 0 aliphatic rings. The molecule has 4 nitrogen and oxygen atoms in total. The number of benzene rings is 3. The van der Waals surface area contributed by atoms with Gasteiger partial charge in [0.1, 0.15) is 5.75 Å². The fourth-order valence-corrected chi connectivity index (χ4v) is 3.30. The Labute approximate surface area is 171 Å². The smallest absolute Gasteiger partial charge is 0.119 e. The number of nitrogens with one attached hydrogen (secondary N) is 1. The molecule has 0 saturated heterocycles. The average molecular weight is 383 g/mol. The van der Waals surface area contributed by atoms with E-state index in [1.165, 1.54) is 11.1 Å². The molecule has 3 aromatic carbocycles.